The molecule has 0 bridgehead atoms. The van der Waals surface area contributed by atoms with Crippen LogP contribution in [0.3, 0.4) is 0 Å². The number of hydrogen-bond donors (Lipinski definition) is 1. The Labute approximate surface area is 131 Å². The van der Waals surface area contributed by atoms with Crippen LogP contribution >= 0.6 is 27.5 Å². The van der Waals surface area contributed by atoms with Crippen molar-refractivity contribution in [2.75, 3.05) is 0 Å². The van der Waals surface area contributed by atoms with Crippen LogP contribution in [0.1, 0.15) is 22.7 Å². The molecule has 0 radical (unpaired) electrons. The van der Waals surface area contributed by atoms with E-state index in [0.29, 0.717) is 21.1 Å². The zero-order valence-corrected chi connectivity index (χ0v) is 12.7. The van der Waals surface area contributed by atoms with Gasteiger partial charge < -0.3 is 5.73 Å². The SMILES string of the molecule is NC(c1ccc(C(F)(F)F)c(F)c1)c1cc(Br)ccc1Cl. The minimum absolute atomic E-state index is 0.209. The largest absolute Gasteiger partial charge is 0.419 e. The van der Waals surface area contributed by atoms with Gasteiger partial charge in [-0.05, 0) is 41.5 Å². The molecule has 21 heavy (non-hydrogen) atoms. The average molecular weight is 383 g/mol. The summed E-state index contributed by atoms with van der Waals surface area (Å²) in [7, 11) is 0. The van der Waals surface area contributed by atoms with E-state index in [1.807, 2.05) is 0 Å². The van der Waals surface area contributed by atoms with Gasteiger partial charge in [0, 0.05) is 9.50 Å². The van der Waals surface area contributed by atoms with Crippen LogP contribution in [-0.2, 0) is 6.18 Å². The van der Waals surface area contributed by atoms with Gasteiger partial charge in [-0.2, -0.15) is 13.2 Å². The van der Waals surface area contributed by atoms with Crippen molar-refractivity contribution in [1.82, 2.24) is 0 Å². The summed E-state index contributed by atoms with van der Waals surface area (Å²) in [5, 5.41) is 0.353. The van der Waals surface area contributed by atoms with Crippen molar-refractivity contribution >= 4 is 27.5 Å². The highest BCUT2D eigenvalue weighted by Crippen LogP contribution is 2.34. The lowest BCUT2D eigenvalue weighted by Gasteiger charge is -2.16. The first-order chi connectivity index (χ1) is 9.70. The number of hydrogen-bond acceptors (Lipinski definition) is 1. The lowest BCUT2D eigenvalue weighted by Crippen LogP contribution is -2.15. The van der Waals surface area contributed by atoms with Crippen LogP contribution in [-0.4, -0.2) is 0 Å². The zero-order chi connectivity index (χ0) is 15.8. The molecule has 0 amide bonds. The molecule has 7 heteroatoms. The predicted molar refractivity (Wildman–Crippen MR) is 76.6 cm³/mol. The van der Waals surface area contributed by atoms with Crippen molar-refractivity contribution < 1.29 is 17.6 Å². The van der Waals surface area contributed by atoms with Gasteiger partial charge in [0.15, 0.2) is 0 Å². The Hall–Kier alpha value is -1.11. The maximum atomic E-state index is 13.6. The Morgan fingerprint density at radius 2 is 1.76 bits per heavy atom. The summed E-state index contributed by atoms with van der Waals surface area (Å²) in [6, 6.07) is 6.72. The van der Waals surface area contributed by atoms with E-state index in [1.165, 1.54) is 0 Å². The molecular weight excluding hydrogens is 374 g/mol. The second kappa shape index (κ2) is 5.94. The zero-order valence-electron chi connectivity index (χ0n) is 10.4. The predicted octanol–water partition coefficient (Wildman–Crippen LogP) is 5.31. The highest BCUT2D eigenvalue weighted by atomic mass is 79.9. The van der Waals surface area contributed by atoms with Crippen molar-refractivity contribution in [3.05, 3.63) is 68.4 Å². The van der Waals surface area contributed by atoms with Gasteiger partial charge in [0.25, 0.3) is 0 Å². The van der Waals surface area contributed by atoms with Gasteiger partial charge in [0.05, 0.1) is 11.6 Å². The Bertz CT molecular complexity index is 673. The summed E-state index contributed by atoms with van der Waals surface area (Å²) in [6.45, 7) is 0. The molecule has 112 valence electrons. The van der Waals surface area contributed by atoms with Gasteiger partial charge in [-0.3, -0.25) is 0 Å². The lowest BCUT2D eigenvalue weighted by atomic mass is 9.98. The van der Waals surface area contributed by atoms with Crippen molar-refractivity contribution in [2.24, 2.45) is 5.73 Å². The van der Waals surface area contributed by atoms with Crippen molar-refractivity contribution in [3.8, 4) is 0 Å². The van der Waals surface area contributed by atoms with Gasteiger partial charge in [-0.25, -0.2) is 4.39 Å². The molecular formula is C14H9BrClF4N. The lowest BCUT2D eigenvalue weighted by molar-refractivity contribution is -0.140. The molecule has 1 unspecified atom stereocenters. The van der Waals surface area contributed by atoms with Crippen molar-refractivity contribution in [1.29, 1.82) is 0 Å². The van der Waals surface area contributed by atoms with E-state index in [0.717, 1.165) is 12.1 Å². The minimum atomic E-state index is -4.74. The summed E-state index contributed by atoms with van der Waals surface area (Å²) in [4.78, 5) is 0. The number of rotatable bonds is 2. The fourth-order valence-electron chi connectivity index (χ4n) is 1.89. The number of nitrogens with two attached hydrogens (primary N) is 1. The molecule has 0 aromatic heterocycles. The maximum absolute atomic E-state index is 13.6. The highest BCUT2D eigenvalue weighted by molar-refractivity contribution is 9.10. The van der Waals surface area contributed by atoms with Crippen LogP contribution < -0.4 is 5.73 Å². The molecule has 0 fully saturated rings. The summed E-state index contributed by atoms with van der Waals surface area (Å²) in [5.41, 5.74) is 5.34. The third kappa shape index (κ3) is 3.56. The standard InChI is InChI=1S/C14H9BrClF4N/c15-8-2-4-11(16)9(6-8)13(21)7-1-3-10(12(17)5-7)14(18,19)20/h1-6,13H,21H2. The molecule has 2 rings (SSSR count). The molecule has 0 spiro atoms. The Balaban J connectivity index is 2.43. The fraction of sp³-hybridized carbons (Fsp3) is 0.143. The third-order valence-corrected chi connectivity index (χ3v) is 3.79. The van der Waals surface area contributed by atoms with Crippen LogP contribution in [0.25, 0.3) is 0 Å². The first kappa shape index (κ1) is 16.3. The number of benzene rings is 2. The van der Waals surface area contributed by atoms with Gasteiger partial charge in [0.2, 0.25) is 0 Å². The van der Waals surface area contributed by atoms with Gasteiger partial charge >= 0.3 is 6.18 Å². The minimum Gasteiger partial charge on any atom is -0.320 e. The van der Waals surface area contributed by atoms with Gasteiger partial charge in [-0.1, -0.05) is 33.6 Å². The highest BCUT2D eigenvalue weighted by Gasteiger charge is 2.34. The molecule has 0 aliphatic carbocycles. The summed E-state index contributed by atoms with van der Waals surface area (Å²) in [5.74, 6) is -1.36. The monoisotopic (exact) mass is 381 g/mol. The van der Waals surface area contributed by atoms with E-state index in [2.05, 4.69) is 15.9 Å². The van der Waals surface area contributed by atoms with Crippen molar-refractivity contribution in [2.45, 2.75) is 12.2 Å². The topological polar surface area (TPSA) is 26.0 Å². The Morgan fingerprint density at radius 1 is 1.10 bits per heavy atom. The molecule has 1 atom stereocenters. The maximum Gasteiger partial charge on any atom is 0.419 e. The number of alkyl halides is 3. The quantitative estimate of drug-likeness (QED) is 0.700. The molecule has 2 aromatic carbocycles. The molecule has 0 heterocycles. The average Bonchev–Trinajstić information content (AvgIpc) is 2.39. The van der Waals surface area contributed by atoms with Crippen LogP contribution in [0, 0.1) is 5.82 Å². The first-order valence-electron chi connectivity index (χ1n) is 5.77. The van der Waals surface area contributed by atoms with E-state index in [4.69, 9.17) is 17.3 Å². The van der Waals surface area contributed by atoms with E-state index in [-0.39, 0.29) is 5.56 Å². The second-order valence-electron chi connectivity index (χ2n) is 4.38. The molecule has 2 N–H and O–H groups in total. The summed E-state index contributed by atoms with van der Waals surface area (Å²) < 4.78 is 51.9. The molecule has 0 aliphatic heterocycles. The van der Waals surface area contributed by atoms with E-state index in [9.17, 15) is 17.6 Å². The number of halogens is 6. The van der Waals surface area contributed by atoms with Gasteiger partial charge in [0.1, 0.15) is 5.82 Å². The van der Waals surface area contributed by atoms with Crippen LogP contribution in [0.15, 0.2) is 40.9 Å². The van der Waals surface area contributed by atoms with Crippen LogP contribution in [0.5, 0.6) is 0 Å². The van der Waals surface area contributed by atoms with Crippen molar-refractivity contribution in [3.63, 3.8) is 0 Å². The molecule has 0 aliphatic rings. The third-order valence-electron chi connectivity index (χ3n) is 2.95. The molecule has 0 saturated heterocycles. The van der Waals surface area contributed by atoms with E-state index in [1.54, 1.807) is 18.2 Å². The Morgan fingerprint density at radius 3 is 2.33 bits per heavy atom. The summed E-state index contributed by atoms with van der Waals surface area (Å²) >= 11 is 9.26. The van der Waals surface area contributed by atoms with Crippen LogP contribution in [0.4, 0.5) is 17.6 Å². The molecule has 2 aromatic rings. The summed E-state index contributed by atoms with van der Waals surface area (Å²) in [6.07, 6.45) is -4.74. The van der Waals surface area contributed by atoms with Gasteiger partial charge in [-0.15, -0.1) is 0 Å². The second-order valence-corrected chi connectivity index (χ2v) is 5.70. The van der Waals surface area contributed by atoms with Crippen LogP contribution in [0.2, 0.25) is 5.02 Å². The Kier molecular flexibility index (Phi) is 4.60. The first-order valence-corrected chi connectivity index (χ1v) is 6.94. The van der Waals surface area contributed by atoms with E-state index < -0.39 is 23.6 Å². The normalized spacial score (nSPS) is 13.3. The molecule has 0 saturated carbocycles. The fourth-order valence-corrected chi connectivity index (χ4v) is 2.50. The smallest absolute Gasteiger partial charge is 0.320 e. The molecule has 1 nitrogen and oxygen atoms in total. The van der Waals surface area contributed by atoms with E-state index >= 15 is 0 Å².